The Hall–Kier alpha value is -4.10. The van der Waals surface area contributed by atoms with E-state index in [1.54, 1.807) is 42.5 Å². The van der Waals surface area contributed by atoms with Gasteiger partial charge in [0.1, 0.15) is 11.4 Å². The number of phenolic OH excluding ortho intramolecular Hbond substituents is 1. The average molecular weight is 463 g/mol. The molecule has 33 heavy (non-hydrogen) atoms. The second-order valence-electron chi connectivity index (χ2n) is 7.27. The second kappa shape index (κ2) is 11.0. The van der Waals surface area contributed by atoms with E-state index in [-0.39, 0.29) is 22.0 Å². The van der Waals surface area contributed by atoms with Crippen LogP contribution in [0.4, 0.5) is 5.69 Å². The zero-order chi connectivity index (χ0) is 23.8. The van der Waals surface area contributed by atoms with Gasteiger partial charge in [0.25, 0.3) is 11.8 Å². The lowest BCUT2D eigenvalue weighted by Gasteiger charge is -2.13. The van der Waals surface area contributed by atoms with E-state index in [0.717, 1.165) is 5.69 Å². The molecule has 3 aromatic carbocycles. The van der Waals surface area contributed by atoms with Gasteiger partial charge in [-0.15, -0.1) is 0 Å². The molecule has 0 radical (unpaired) electrons. The van der Waals surface area contributed by atoms with E-state index in [9.17, 15) is 14.7 Å². The fourth-order valence-electron chi connectivity index (χ4n) is 2.81. The minimum Gasteiger partial charge on any atom is -0.508 e. The number of hydrazone groups is 1. The first-order valence-corrected chi connectivity index (χ1v) is 10.4. The maximum absolute atomic E-state index is 12.8. The van der Waals surface area contributed by atoms with Gasteiger partial charge in [0, 0.05) is 19.8 Å². The number of hydrogen-bond acceptors (Lipinski definition) is 5. The van der Waals surface area contributed by atoms with Crippen LogP contribution in [0.1, 0.15) is 21.5 Å². The quantitative estimate of drug-likeness (QED) is 0.280. The molecule has 3 aromatic rings. The van der Waals surface area contributed by atoms with Gasteiger partial charge < -0.3 is 15.3 Å². The van der Waals surface area contributed by atoms with Crippen molar-refractivity contribution in [1.82, 2.24) is 10.7 Å². The van der Waals surface area contributed by atoms with Gasteiger partial charge in [0.05, 0.1) is 16.8 Å². The Morgan fingerprint density at radius 2 is 1.58 bits per heavy atom. The summed E-state index contributed by atoms with van der Waals surface area (Å²) in [5, 5.41) is 16.2. The van der Waals surface area contributed by atoms with Crippen LogP contribution in [0.25, 0.3) is 6.08 Å². The number of aromatic hydroxyl groups is 1. The van der Waals surface area contributed by atoms with Crippen molar-refractivity contribution in [3.63, 3.8) is 0 Å². The molecule has 0 aromatic heterocycles. The first kappa shape index (κ1) is 23.6. The predicted molar refractivity (Wildman–Crippen MR) is 132 cm³/mol. The fraction of sp³-hybridized carbons (Fsp3) is 0.0800. The number of carbonyl (C=O) groups excluding carboxylic acids is 2. The molecule has 0 unspecified atom stereocenters. The Labute approximate surface area is 197 Å². The fourth-order valence-corrected chi connectivity index (χ4v) is 3.04. The first-order valence-electron chi connectivity index (χ1n) is 10.0. The Bertz CT molecular complexity index is 1190. The molecule has 168 valence electrons. The summed E-state index contributed by atoms with van der Waals surface area (Å²) < 4.78 is 0. The Balaban J connectivity index is 1.83. The van der Waals surface area contributed by atoms with Crippen LogP contribution in [0.15, 0.2) is 83.6 Å². The SMILES string of the molecule is CN(C)c1ccc(C=C(NC(=O)c2ccccc2Cl)C(=O)N/N=C/c2ccc(O)cc2)cc1. The van der Waals surface area contributed by atoms with Crippen LogP contribution in [-0.4, -0.2) is 37.2 Å². The number of benzene rings is 3. The van der Waals surface area contributed by atoms with Crippen molar-refractivity contribution in [3.05, 3.63) is 100 Å². The third kappa shape index (κ3) is 6.69. The van der Waals surface area contributed by atoms with Crippen molar-refractivity contribution < 1.29 is 14.7 Å². The topological polar surface area (TPSA) is 94.0 Å². The number of nitrogens with zero attached hydrogens (tertiary/aromatic N) is 2. The van der Waals surface area contributed by atoms with E-state index in [1.807, 2.05) is 43.3 Å². The first-order chi connectivity index (χ1) is 15.8. The lowest BCUT2D eigenvalue weighted by Crippen LogP contribution is -2.33. The van der Waals surface area contributed by atoms with Gasteiger partial charge in [0.15, 0.2) is 0 Å². The third-order valence-corrected chi connectivity index (χ3v) is 4.93. The lowest BCUT2D eigenvalue weighted by molar-refractivity contribution is -0.117. The van der Waals surface area contributed by atoms with Crippen LogP contribution in [0.3, 0.4) is 0 Å². The highest BCUT2D eigenvalue weighted by molar-refractivity contribution is 6.34. The molecule has 0 aliphatic rings. The number of phenols is 1. The summed E-state index contributed by atoms with van der Waals surface area (Å²) in [6.07, 6.45) is 2.98. The van der Waals surface area contributed by atoms with Crippen LogP contribution < -0.4 is 15.6 Å². The predicted octanol–water partition coefficient (Wildman–Crippen LogP) is 4.03. The molecule has 0 aliphatic carbocycles. The van der Waals surface area contributed by atoms with Crippen molar-refractivity contribution in [2.24, 2.45) is 5.10 Å². The molecule has 3 rings (SSSR count). The van der Waals surface area contributed by atoms with E-state index in [0.29, 0.717) is 11.1 Å². The smallest absolute Gasteiger partial charge is 0.287 e. The monoisotopic (exact) mass is 462 g/mol. The van der Waals surface area contributed by atoms with E-state index in [2.05, 4.69) is 15.8 Å². The van der Waals surface area contributed by atoms with Crippen LogP contribution in [0, 0.1) is 0 Å². The number of nitrogens with one attached hydrogen (secondary N) is 2. The molecule has 0 heterocycles. The highest BCUT2D eigenvalue weighted by atomic mass is 35.5. The van der Waals surface area contributed by atoms with Gasteiger partial charge in [-0.05, 0) is 65.7 Å². The molecule has 0 bridgehead atoms. The molecular weight excluding hydrogens is 440 g/mol. The summed E-state index contributed by atoms with van der Waals surface area (Å²) in [6.45, 7) is 0. The summed E-state index contributed by atoms with van der Waals surface area (Å²) in [5.74, 6) is -1.000. The van der Waals surface area contributed by atoms with Crippen molar-refractivity contribution in [2.45, 2.75) is 0 Å². The number of hydrogen-bond donors (Lipinski definition) is 3. The lowest BCUT2D eigenvalue weighted by atomic mass is 10.1. The van der Waals surface area contributed by atoms with Crippen molar-refractivity contribution >= 4 is 41.4 Å². The van der Waals surface area contributed by atoms with E-state index < -0.39 is 11.8 Å². The van der Waals surface area contributed by atoms with Gasteiger partial charge >= 0.3 is 0 Å². The van der Waals surface area contributed by atoms with E-state index in [1.165, 1.54) is 18.3 Å². The van der Waals surface area contributed by atoms with Crippen LogP contribution >= 0.6 is 11.6 Å². The molecule has 0 saturated heterocycles. The largest absolute Gasteiger partial charge is 0.508 e. The van der Waals surface area contributed by atoms with Gasteiger partial charge in [0.2, 0.25) is 0 Å². The van der Waals surface area contributed by atoms with Crippen molar-refractivity contribution in [2.75, 3.05) is 19.0 Å². The maximum Gasteiger partial charge on any atom is 0.287 e. The van der Waals surface area contributed by atoms with Crippen LogP contribution in [0.5, 0.6) is 5.75 Å². The van der Waals surface area contributed by atoms with Crippen LogP contribution in [0.2, 0.25) is 5.02 Å². The number of anilines is 1. The summed E-state index contributed by atoms with van der Waals surface area (Å²) in [5.41, 5.74) is 5.05. The third-order valence-electron chi connectivity index (χ3n) is 4.60. The van der Waals surface area contributed by atoms with Gasteiger partial charge in [-0.25, -0.2) is 5.43 Å². The summed E-state index contributed by atoms with van der Waals surface area (Å²) >= 11 is 6.13. The molecule has 2 amide bonds. The zero-order valence-corrected chi connectivity index (χ0v) is 18.9. The Kier molecular flexibility index (Phi) is 7.83. The van der Waals surface area contributed by atoms with Gasteiger partial charge in [-0.2, -0.15) is 5.10 Å². The molecule has 0 aliphatic heterocycles. The van der Waals surface area contributed by atoms with Crippen molar-refractivity contribution in [3.8, 4) is 5.75 Å². The number of amides is 2. The summed E-state index contributed by atoms with van der Waals surface area (Å²) in [4.78, 5) is 27.5. The summed E-state index contributed by atoms with van der Waals surface area (Å²) in [7, 11) is 3.86. The molecule has 0 saturated carbocycles. The summed E-state index contributed by atoms with van der Waals surface area (Å²) in [6, 6.07) is 20.4. The minimum atomic E-state index is -0.609. The van der Waals surface area contributed by atoms with E-state index in [4.69, 9.17) is 11.6 Å². The van der Waals surface area contributed by atoms with Crippen molar-refractivity contribution in [1.29, 1.82) is 0 Å². The normalized spacial score (nSPS) is 11.3. The molecule has 0 fully saturated rings. The van der Waals surface area contributed by atoms with Gasteiger partial charge in [-0.3, -0.25) is 9.59 Å². The molecular formula is C25H23ClN4O3. The molecule has 8 heteroatoms. The number of halogens is 1. The second-order valence-corrected chi connectivity index (χ2v) is 7.68. The standard InChI is InChI=1S/C25H23ClN4O3/c1-30(2)19-11-7-17(8-12-19)15-23(28-24(32)21-5-3-4-6-22(21)26)25(33)29-27-16-18-9-13-20(31)14-10-18/h3-16,31H,1-2H3,(H,28,32)(H,29,33)/b23-15?,27-16+. The molecule has 3 N–H and O–H groups in total. The molecule has 0 atom stereocenters. The van der Waals surface area contributed by atoms with Crippen LogP contribution in [-0.2, 0) is 4.79 Å². The Morgan fingerprint density at radius 3 is 2.21 bits per heavy atom. The highest BCUT2D eigenvalue weighted by Gasteiger charge is 2.16. The number of rotatable bonds is 7. The average Bonchev–Trinajstić information content (AvgIpc) is 2.80. The molecule has 7 nitrogen and oxygen atoms in total. The number of carbonyl (C=O) groups is 2. The maximum atomic E-state index is 12.8. The minimum absolute atomic E-state index is 0.000351. The Morgan fingerprint density at radius 1 is 0.939 bits per heavy atom. The molecule has 0 spiro atoms. The highest BCUT2D eigenvalue weighted by Crippen LogP contribution is 2.17. The van der Waals surface area contributed by atoms with Gasteiger partial charge in [-0.1, -0.05) is 35.9 Å². The van der Waals surface area contributed by atoms with E-state index >= 15 is 0 Å². The zero-order valence-electron chi connectivity index (χ0n) is 18.1.